The maximum atomic E-state index is 12.9. The standard InChI is InChI=1S/C31H25NO8S/c1-3-37-31(35)28-24(19-7-5-4-6-8-19)18-41-30(28)32-27(33)17-38-22-13-14-23-25(15-22)39-16-26(29(23)34)40-21-11-9-20(36-2)10-12-21/h4-16,18H,3,17H2,1-2H3,(H,32,33). The number of hydrogen-bond acceptors (Lipinski definition) is 9. The topological polar surface area (TPSA) is 113 Å². The fourth-order valence-electron chi connectivity index (χ4n) is 4.02. The van der Waals surface area contributed by atoms with Crippen molar-refractivity contribution in [2.45, 2.75) is 6.92 Å². The molecule has 5 aromatic rings. The van der Waals surface area contributed by atoms with Crippen LogP contribution in [-0.2, 0) is 9.53 Å². The van der Waals surface area contributed by atoms with Gasteiger partial charge < -0.3 is 28.7 Å². The molecule has 10 heteroatoms. The lowest BCUT2D eigenvalue weighted by Crippen LogP contribution is -2.21. The smallest absolute Gasteiger partial charge is 0.341 e. The van der Waals surface area contributed by atoms with Crippen LogP contribution in [0.3, 0.4) is 0 Å². The van der Waals surface area contributed by atoms with Gasteiger partial charge in [-0.2, -0.15) is 0 Å². The van der Waals surface area contributed by atoms with Crippen LogP contribution >= 0.6 is 11.3 Å². The molecule has 5 rings (SSSR count). The molecule has 0 bridgehead atoms. The number of carbonyl (C=O) groups excluding carboxylic acids is 2. The van der Waals surface area contributed by atoms with Gasteiger partial charge in [0.15, 0.2) is 6.61 Å². The predicted octanol–water partition coefficient (Wildman–Crippen LogP) is 6.52. The Morgan fingerprint density at radius 2 is 1.68 bits per heavy atom. The molecule has 0 aliphatic heterocycles. The van der Waals surface area contributed by atoms with Crippen molar-refractivity contribution in [2.75, 3.05) is 25.6 Å². The van der Waals surface area contributed by atoms with Gasteiger partial charge in [-0.15, -0.1) is 11.3 Å². The molecule has 0 atom stereocenters. The van der Waals surface area contributed by atoms with Gasteiger partial charge in [0.2, 0.25) is 11.2 Å². The summed E-state index contributed by atoms with van der Waals surface area (Å²) in [5, 5.41) is 5.21. The van der Waals surface area contributed by atoms with E-state index in [-0.39, 0.29) is 35.5 Å². The van der Waals surface area contributed by atoms with Gasteiger partial charge in [0.1, 0.15) is 39.7 Å². The number of carbonyl (C=O) groups is 2. The van der Waals surface area contributed by atoms with E-state index in [0.717, 1.165) is 5.56 Å². The highest BCUT2D eigenvalue weighted by Crippen LogP contribution is 2.36. The lowest BCUT2D eigenvalue weighted by atomic mass is 10.0. The zero-order valence-electron chi connectivity index (χ0n) is 22.2. The van der Waals surface area contributed by atoms with Gasteiger partial charge in [-0.1, -0.05) is 30.3 Å². The van der Waals surface area contributed by atoms with E-state index in [1.807, 2.05) is 30.3 Å². The summed E-state index contributed by atoms with van der Waals surface area (Å²) in [5.74, 6) is 0.470. The van der Waals surface area contributed by atoms with E-state index in [2.05, 4.69) is 5.32 Å². The van der Waals surface area contributed by atoms with Crippen LogP contribution in [0.15, 0.2) is 93.7 Å². The molecule has 9 nitrogen and oxygen atoms in total. The molecule has 0 radical (unpaired) electrons. The number of thiophene rings is 1. The number of hydrogen-bond donors (Lipinski definition) is 1. The Morgan fingerprint density at radius 3 is 2.41 bits per heavy atom. The van der Waals surface area contributed by atoms with Crippen LogP contribution in [0, 0.1) is 0 Å². The molecule has 2 aromatic heterocycles. The second kappa shape index (κ2) is 12.4. The third-order valence-electron chi connectivity index (χ3n) is 5.98. The average Bonchev–Trinajstić information content (AvgIpc) is 3.42. The summed E-state index contributed by atoms with van der Waals surface area (Å²) in [5.41, 5.74) is 1.70. The summed E-state index contributed by atoms with van der Waals surface area (Å²) in [7, 11) is 1.56. The van der Waals surface area contributed by atoms with Crippen molar-refractivity contribution in [3.63, 3.8) is 0 Å². The van der Waals surface area contributed by atoms with Crippen molar-refractivity contribution in [3.05, 3.63) is 100 Å². The lowest BCUT2D eigenvalue weighted by Gasteiger charge is -2.10. The van der Waals surface area contributed by atoms with Crippen molar-refractivity contribution in [3.8, 4) is 34.1 Å². The van der Waals surface area contributed by atoms with Gasteiger partial charge in [0.05, 0.1) is 19.1 Å². The van der Waals surface area contributed by atoms with E-state index in [0.29, 0.717) is 33.2 Å². The summed E-state index contributed by atoms with van der Waals surface area (Å²) in [4.78, 5) is 38.4. The lowest BCUT2D eigenvalue weighted by molar-refractivity contribution is -0.118. The maximum Gasteiger partial charge on any atom is 0.341 e. The van der Waals surface area contributed by atoms with Gasteiger partial charge in [0.25, 0.3) is 5.91 Å². The molecule has 41 heavy (non-hydrogen) atoms. The van der Waals surface area contributed by atoms with E-state index in [1.165, 1.54) is 23.7 Å². The van der Waals surface area contributed by atoms with Crippen molar-refractivity contribution >= 4 is 39.2 Å². The minimum Gasteiger partial charge on any atom is -0.497 e. The average molecular weight is 572 g/mol. The van der Waals surface area contributed by atoms with E-state index >= 15 is 0 Å². The van der Waals surface area contributed by atoms with Crippen molar-refractivity contribution in [1.82, 2.24) is 0 Å². The third-order valence-corrected chi connectivity index (χ3v) is 6.88. The van der Waals surface area contributed by atoms with E-state index in [1.54, 1.807) is 55.8 Å². The third kappa shape index (κ3) is 6.23. The first kappa shape index (κ1) is 27.5. The Balaban J connectivity index is 1.27. The predicted molar refractivity (Wildman–Crippen MR) is 155 cm³/mol. The Hall–Kier alpha value is -5.09. The molecule has 0 spiro atoms. The van der Waals surface area contributed by atoms with Gasteiger partial charge in [-0.05, 0) is 48.9 Å². The molecule has 0 aliphatic carbocycles. The van der Waals surface area contributed by atoms with Crippen molar-refractivity contribution in [2.24, 2.45) is 0 Å². The van der Waals surface area contributed by atoms with Crippen LogP contribution in [0.5, 0.6) is 23.0 Å². The normalized spacial score (nSPS) is 10.7. The van der Waals surface area contributed by atoms with Gasteiger partial charge in [0, 0.05) is 17.0 Å². The quantitative estimate of drug-likeness (QED) is 0.189. The molecular weight excluding hydrogens is 546 g/mol. The van der Waals surface area contributed by atoms with Gasteiger partial charge in [-0.25, -0.2) is 4.79 Å². The van der Waals surface area contributed by atoms with Crippen LogP contribution < -0.4 is 25.0 Å². The zero-order chi connectivity index (χ0) is 28.8. The highest BCUT2D eigenvalue weighted by Gasteiger charge is 2.23. The first-order valence-corrected chi connectivity index (χ1v) is 13.5. The fourth-order valence-corrected chi connectivity index (χ4v) is 4.99. The number of amides is 1. The van der Waals surface area contributed by atoms with Crippen LogP contribution in [0.25, 0.3) is 22.1 Å². The first-order valence-electron chi connectivity index (χ1n) is 12.6. The number of nitrogens with one attached hydrogen (secondary N) is 1. The summed E-state index contributed by atoms with van der Waals surface area (Å²) < 4.78 is 27.3. The van der Waals surface area contributed by atoms with Crippen LogP contribution in [0.2, 0.25) is 0 Å². The zero-order valence-corrected chi connectivity index (χ0v) is 23.0. The van der Waals surface area contributed by atoms with Gasteiger partial charge in [-0.3, -0.25) is 9.59 Å². The molecule has 208 valence electrons. The van der Waals surface area contributed by atoms with Crippen molar-refractivity contribution < 1.29 is 33.0 Å². The monoisotopic (exact) mass is 571 g/mol. The summed E-state index contributed by atoms with van der Waals surface area (Å²) in [6.07, 6.45) is 1.23. The highest BCUT2D eigenvalue weighted by atomic mass is 32.1. The number of rotatable bonds is 10. The molecule has 2 heterocycles. The molecule has 0 aliphatic rings. The minimum atomic E-state index is -0.524. The summed E-state index contributed by atoms with van der Waals surface area (Å²) in [6.45, 7) is 1.58. The maximum absolute atomic E-state index is 12.9. The minimum absolute atomic E-state index is 0.0268. The Morgan fingerprint density at radius 1 is 0.951 bits per heavy atom. The number of esters is 1. The van der Waals surface area contributed by atoms with E-state index < -0.39 is 11.9 Å². The number of anilines is 1. The number of fused-ring (bicyclic) bond motifs is 1. The molecule has 0 saturated heterocycles. The molecule has 1 amide bonds. The summed E-state index contributed by atoms with van der Waals surface area (Å²) >= 11 is 1.23. The van der Waals surface area contributed by atoms with Crippen molar-refractivity contribution in [1.29, 1.82) is 0 Å². The molecule has 0 saturated carbocycles. The molecule has 0 unspecified atom stereocenters. The Labute approximate surface area is 238 Å². The molecule has 3 aromatic carbocycles. The first-order chi connectivity index (χ1) is 20.0. The molecule has 1 N–H and O–H groups in total. The number of ether oxygens (including phenoxy) is 4. The molecule has 0 fully saturated rings. The van der Waals surface area contributed by atoms with Crippen LogP contribution in [-0.4, -0.2) is 32.2 Å². The second-order valence-electron chi connectivity index (χ2n) is 8.64. The molecular formula is C31H25NO8S. The van der Waals surface area contributed by atoms with E-state index in [4.69, 9.17) is 23.4 Å². The van der Waals surface area contributed by atoms with Crippen LogP contribution in [0.1, 0.15) is 17.3 Å². The SMILES string of the molecule is CCOC(=O)c1c(-c2ccccc2)csc1NC(=O)COc1ccc2c(=O)c(Oc3ccc(OC)cc3)coc2c1. The fraction of sp³-hybridized carbons (Fsp3) is 0.129. The number of benzene rings is 3. The Kier molecular flexibility index (Phi) is 8.31. The number of methoxy groups -OCH3 is 1. The highest BCUT2D eigenvalue weighted by molar-refractivity contribution is 7.15. The second-order valence-corrected chi connectivity index (χ2v) is 9.52. The van der Waals surface area contributed by atoms with Gasteiger partial charge >= 0.3 is 5.97 Å². The Bertz CT molecular complexity index is 1740. The summed E-state index contributed by atoms with van der Waals surface area (Å²) in [6, 6.07) is 20.8. The largest absolute Gasteiger partial charge is 0.497 e. The van der Waals surface area contributed by atoms with E-state index in [9.17, 15) is 14.4 Å². The van der Waals surface area contributed by atoms with Crippen LogP contribution in [0.4, 0.5) is 5.00 Å².